The van der Waals surface area contributed by atoms with E-state index in [1.54, 1.807) is 4.90 Å². The van der Waals surface area contributed by atoms with Crippen molar-refractivity contribution in [1.82, 2.24) is 9.21 Å². The van der Waals surface area contributed by atoms with Crippen molar-refractivity contribution in [3.05, 3.63) is 35.1 Å². The highest BCUT2D eigenvalue weighted by atomic mass is 32.2. The summed E-state index contributed by atoms with van der Waals surface area (Å²) in [6.45, 7) is -0.625. The number of alkyl halides is 2. The van der Waals surface area contributed by atoms with Gasteiger partial charge in [-0.25, -0.2) is 34.7 Å². The molecule has 4 atom stereocenters. The summed E-state index contributed by atoms with van der Waals surface area (Å²) in [5.41, 5.74) is 6.26. The number of hydrogen-bond acceptors (Lipinski definition) is 4. The Morgan fingerprint density at radius 1 is 1.03 bits per heavy atom. The topological polar surface area (TPSA) is 83.7 Å². The molecule has 0 spiro atoms. The summed E-state index contributed by atoms with van der Waals surface area (Å²) in [5, 5.41) is 0. The highest BCUT2D eigenvalue weighted by Crippen LogP contribution is 2.40. The molecule has 6 nitrogen and oxygen atoms in total. The Morgan fingerprint density at radius 2 is 1.59 bits per heavy atom. The van der Waals surface area contributed by atoms with Crippen molar-refractivity contribution in [2.75, 3.05) is 18.8 Å². The van der Waals surface area contributed by atoms with Crippen LogP contribution in [-0.2, 0) is 21.2 Å². The number of nitrogens with zero attached hydrogens (tertiary/aromatic N) is 2. The number of fused-ring (bicyclic) bond motifs is 2. The number of halogens is 5. The van der Waals surface area contributed by atoms with Crippen LogP contribution in [0.4, 0.5) is 22.0 Å². The molecule has 0 unspecified atom stereocenters. The predicted molar refractivity (Wildman–Crippen MR) is 114 cm³/mol. The van der Waals surface area contributed by atoms with E-state index < -0.39 is 63.9 Å². The van der Waals surface area contributed by atoms with Crippen molar-refractivity contribution in [3.63, 3.8) is 0 Å². The second kappa shape index (κ2) is 9.34. The fraction of sp³-hybridized carbons (Fsp3) is 0.682. The van der Waals surface area contributed by atoms with E-state index in [4.69, 9.17) is 5.73 Å². The third kappa shape index (κ3) is 5.23. The van der Waals surface area contributed by atoms with Crippen LogP contribution in [0.1, 0.15) is 44.1 Å². The number of rotatable bonds is 6. The van der Waals surface area contributed by atoms with Gasteiger partial charge in [-0.2, -0.15) is 0 Å². The van der Waals surface area contributed by atoms with Gasteiger partial charge >= 0.3 is 0 Å². The van der Waals surface area contributed by atoms with Gasteiger partial charge in [-0.05, 0) is 49.7 Å². The Kier molecular flexibility index (Phi) is 6.96. The van der Waals surface area contributed by atoms with Gasteiger partial charge in [0.15, 0.2) is 11.6 Å². The summed E-state index contributed by atoms with van der Waals surface area (Å²) in [6.07, 6.45) is 1.22. The summed E-state index contributed by atoms with van der Waals surface area (Å²) in [6, 6.07) is 0.306. The molecule has 3 aliphatic rings. The third-order valence-corrected chi connectivity index (χ3v) is 9.12. The van der Waals surface area contributed by atoms with Crippen molar-refractivity contribution < 1.29 is 35.2 Å². The second-order valence-corrected chi connectivity index (χ2v) is 11.6. The van der Waals surface area contributed by atoms with Gasteiger partial charge in [-0.3, -0.25) is 4.79 Å². The van der Waals surface area contributed by atoms with E-state index in [0.29, 0.717) is 31.7 Å². The van der Waals surface area contributed by atoms with Gasteiger partial charge < -0.3 is 10.6 Å². The first kappa shape index (κ1) is 25.3. The molecule has 1 aromatic rings. The summed E-state index contributed by atoms with van der Waals surface area (Å²) < 4.78 is 93.8. The smallest absolute Gasteiger partial charge is 0.250 e. The second-order valence-electron chi connectivity index (χ2n) is 9.65. The normalized spacial score (nSPS) is 28.2. The van der Waals surface area contributed by atoms with Gasteiger partial charge in [0.1, 0.15) is 11.6 Å². The van der Waals surface area contributed by atoms with Crippen molar-refractivity contribution in [3.8, 4) is 0 Å². The van der Waals surface area contributed by atoms with Crippen molar-refractivity contribution >= 4 is 15.9 Å². The largest absolute Gasteiger partial charge is 0.336 e. The van der Waals surface area contributed by atoms with Crippen molar-refractivity contribution in [2.45, 2.75) is 69.0 Å². The number of benzene rings is 1. The fourth-order valence-electron chi connectivity index (χ4n) is 5.53. The molecule has 3 saturated heterocycles. The van der Waals surface area contributed by atoms with Crippen LogP contribution in [0.2, 0.25) is 0 Å². The Labute approximate surface area is 195 Å². The van der Waals surface area contributed by atoms with Crippen molar-refractivity contribution in [1.29, 1.82) is 0 Å². The number of carbonyl (C=O) groups is 1. The van der Waals surface area contributed by atoms with E-state index in [2.05, 4.69) is 0 Å². The summed E-state index contributed by atoms with van der Waals surface area (Å²) >= 11 is 0. The van der Waals surface area contributed by atoms with Crippen LogP contribution in [0.15, 0.2) is 12.1 Å². The molecule has 1 amide bonds. The van der Waals surface area contributed by atoms with Gasteiger partial charge in [-0.15, -0.1) is 0 Å². The minimum absolute atomic E-state index is 0.00899. The molecule has 2 bridgehead atoms. The molecule has 12 heteroatoms. The van der Waals surface area contributed by atoms with Crippen LogP contribution in [0.25, 0.3) is 0 Å². The average molecular weight is 510 g/mol. The SMILES string of the molecule is N[C@H](Cc1cc(F)c(F)cc1F)[C@H]1C[C@H]2CC[C@@H](C1)N2C(=O)CS(=O)(=O)N1CCC(F)(F)CC1. The van der Waals surface area contributed by atoms with Crippen LogP contribution in [0.5, 0.6) is 0 Å². The third-order valence-electron chi connectivity index (χ3n) is 7.36. The van der Waals surface area contributed by atoms with Crippen LogP contribution >= 0.6 is 0 Å². The maximum absolute atomic E-state index is 14.0. The molecule has 4 rings (SSSR count). The predicted octanol–water partition coefficient (Wildman–Crippen LogP) is 2.80. The molecule has 3 fully saturated rings. The standard InChI is InChI=1S/C22H28F5N3O3S/c23-17-11-19(25)18(24)9-13(17)10-20(28)14-7-15-1-2-16(8-14)30(15)21(31)12-34(32,33)29-5-3-22(26,27)4-6-29/h9,11,14-16,20H,1-8,10,12,28H2/t14-,15+,16-,20-/m1/s1. The lowest BCUT2D eigenvalue weighted by Crippen LogP contribution is -2.53. The number of amides is 1. The lowest BCUT2D eigenvalue weighted by atomic mass is 9.82. The van der Waals surface area contributed by atoms with Crippen LogP contribution in [0, 0.1) is 23.4 Å². The van der Waals surface area contributed by atoms with Gasteiger partial charge in [0.25, 0.3) is 5.92 Å². The van der Waals surface area contributed by atoms with E-state index in [1.165, 1.54) is 0 Å². The summed E-state index contributed by atoms with van der Waals surface area (Å²) in [7, 11) is -4.01. The molecule has 0 aromatic heterocycles. The van der Waals surface area contributed by atoms with E-state index in [0.717, 1.165) is 10.4 Å². The Hall–Kier alpha value is -1.79. The number of carbonyl (C=O) groups excluding carboxylic acids is 1. The lowest BCUT2D eigenvalue weighted by molar-refractivity contribution is -0.133. The highest BCUT2D eigenvalue weighted by molar-refractivity contribution is 7.89. The first-order valence-electron chi connectivity index (χ1n) is 11.4. The monoisotopic (exact) mass is 509 g/mol. The van der Waals surface area contributed by atoms with E-state index >= 15 is 0 Å². The molecule has 190 valence electrons. The van der Waals surface area contributed by atoms with E-state index in [-0.39, 0.29) is 43.1 Å². The zero-order valence-corrected chi connectivity index (χ0v) is 19.3. The molecule has 3 aliphatic heterocycles. The minimum atomic E-state index is -4.01. The molecule has 1 aromatic carbocycles. The molecular weight excluding hydrogens is 481 g/mol. The molecule has 3 heterocycles. The first-order valence-corrected chi connectivity index (χ1v) is 13.0. The number of nitrogens with two attached hydrogens (primary N) is 1. The van der Waals surface area contributed by atoms with Crippen molar-refractivity contribution in [2.24, 2.45) is 11.7 Å². The van der Waals surface area contributed by atoms with Gasteiger partial charge in [-0.1, -0.05) is 0 Å². The van der Waals surface area contributed by atoms with Crippen LogP contribution in [0.3, 0.4) is 0 Å². The molecule has 2 N–H and O–H groups in total. The summed E-state index contributed by atoms with van der Waals surface area (Å²) in [4.78, 5) is 14.5. The molecule has 34 heavy (non-hydrogen) atoms. The van der Waals surface area contributed by atoms with Gasteiger partial charge in [0.05, 0.1) is 0 Å². The van der Waals surface area contributed by atoms with E-state index in [9.17, 15) is 35.2 Å². The van der Waals surface area contributed by atoms with Gasteiger partial charge in [0.2, 0.25) is 15.9 Å². The Morgan fingerprint density at radius 3 is 2.18 bits per heavy atom. The minimum Gasteiger partial charge on any atom is -0.336 e. The Balaban J connectivity index is 1.37. The van der Waals surface area contributed by atoms with Crippen LogP contribution in [-0.4, -0.2) is 66.4 Å². The van der Waals surface area contributed by atoms with Crippen LogP contribution < -0.4 is 5.73 Å². The summed E-state index contributed by atoms with van der Waals surface area (Å²) in [5.74, 6) is -7.60. The van der Waals surface area contributed by atoms with E-state index in [1.807, 2.05) is 0 Å². The molecule has 0 aliphatic carbocycles. The zero-order valence-electron chi connectivity index (χ0n) is 18.5. The molecule has 0 radical (unpaired) electrons. The first-order chi connectivity index (χ1) is 15.9. The Bertz CT molecular complexity index is 1030. The zero-order chi connectivity index (χ0) is 24.8. The quantitative estimate of drug-likeness (QED) is 0.472. The fourth-order valence-corrected chi connectivity index (χ4v) is 6.91. The maximum atomic E-state index is 14.0. The maximum Gasteiger partial charge on any atom is 0.250 e. The number of hydrogen-bond donors (Lipinski definition) is 1. The number of piperidine rings is 2. The number of sulfonamides is 1. The average Bonchev–Trinajstić information content (AvgIpc) is 3.01. The lowest BCUT2D eigenvalue weighted by Gasteiger charge is -2.41. The molecule has 0 saturated carbocycles. The van der Waals surface area contributed by atoms with Gasteiger partial charge in [0, 0.05) is 50.1 Å². The highest BCUT2D eigenvalue weighted by Gasteiger charge is 2.46. The molecular formula is C22H28F5N3O3S.